The van der Waals surface area contributed by atoms with E-state index in [-0.39, 0.29) is 17.4 Å². The Morgan fingerprint density at radius 2 is 1.86 bits per heavy atom. The number of hydrogen-bond acceptors (Lipinski definition) is 2. The van der Waals surface area contributed by atoms with Gasteiger partial charge in [0.05, 0.1) is 21.6 Å². The first-order chi connectivity index (χ1) is 9.83. The number of halogens is 4. The van der Waals surface area contributed by atoms with Crippen molar-refractivity contribution in [1.82, 2.24) is 0 Å². The third-order valence-corrected chi connectivity index (χ3v) is 7.90. The van der Waals surface area contributed by atoms with E-state index in [0.717, 1.165) is 5.56 Å². The van der Waals surface area contributed by atoms with Crippen LogP contribution in [0.5, 0.6) is 0 Å². The highest BCUT2D eigenvalue weighted by molar-refractivity contribution is 7.91. The number of benzene rings is 1. The minimum Gasteiger partial charge on any atom is -0.229 e. The van der Waals surface area contributed by atoms with E-state index >= 15 is 0 Å². The summed E-state index contributed by atoms with van der Waals surface area (Å²) >= 11 is 24.6. The number of hydrogen-bond donors (Lipinski definition) is 0. The molecule has 1 aromatic rings. The van der Waals surface area contributed by atoms with Crippen LogP contribution in [0.3, 0.4) is 0 Å². The molecule has 0 radical (unpaired) electrons. The Kier molecular flexibility index (Phi) is 5.76. The van der Waals surface area contributed by atoms with Crippen molar-refractivity contribution in [2.75, 3.05) is 23.3 Å². The molecule has 1 fully saturated rings. The summed E-state index contributed by atoms with van der Waals surface area (Å²) in [5, 5.41) is 0.964. The van der Waals surface area contributed by atoms with E-state index in [2.05, 4.69) is 0 Å². The van der Waals surface area contributed by atoms with Gasteiger partial charge in [-0.2, -0.15) is 0 Å². The summed E-state index contributed by atoms with van der Waals surface area (Å²) < 4.78 is 23.5. The van der Waals surface area contributed by atoms with Gasteiger partial charge in [0.2, 0.25) is 0 Å². The van der Waals surface area contributed by atoms with E-state index in [1.807, 2.05) is 12.1 Å². The van der Waals surface area contributed by atoms with Crippen LogP contribution in [0.15, 0.2) is 18.2 Å². The zero-order valence-corrected chi connectivity index (χ0v) is 15.1. The summed E-state index contributed by atoms with van der Waals surface area (Å²) in [5.41, 5.74) is 0.371. The molecule has 118 valence electrons. The first kappa shape index (κ1) is 17.7. The molecule has 2 rings (SSSR count). The fraction of sp³-hybridized carbons (Fsp3) is 0.571. The van der Waals surface area contributed by atoms with E-state index in [4.69, 9.17) is 46.4 Å². The highest BCUT2D eigenvalue weighted by Gasteiger charge is 2.44. The lowest BCUT2D eigenvalue weighted by molar-refractivity contribution is 0.245. The van der Waals surface area contributed by atoms with Crippen molar-refractivity contribution in [1.29, 1.82) is 0 Å². The fourth-order valence-electron chi connectivity index (χ4n) is 2.84. The maximum Gasteiger partial charge on any atom is 0.150 e. The maximum absolute atomic E-state index is 11.8. The summed E-state index contributed by atoms with van der Waals surface area (Å²) in [5.74, 6) is 0.882. The quantitative estimate of drug-likeness (QED) is 0.697. The lowest BCUT2D eigenvalue weighted by atomic mass is 9.73. The maximum atomic E-state index is 11.8. The van der Waals surface area contributed by atoms with Gasteiger partial charge in [0.15, 0.2) is 9.84 Å². The Hall–Kier alpha value is 0.330. The van der Waals surface area contributed by atoms with Gasteiger partial charge in [0, 0.05) is 17.2 Å². The Morgan fingerprint density at radius 1 is 1.19 bits per heavy atom. The summed E-state index contributed by atoms with van der Waals surface area (Å²) in [7, 11) is -2.99. The van der Waals surface area contributed by atoms with Gasteiger partial charge in [-0.1, -0.05) is 35.3 Å². The lowest BCUT2D eigenvalue weighted by Crippen LogP contribution is -2.37. The zero-order chi connectivity index (χ0) is 15.7. The Labute approximate surface area is 145 Å². The van der Waals surface area contributed by atoms with Crippen molar-refractivity contribution in [2.24, 2.45) is 11.3 Å². The van der Waals surface area contributed by atoms with Crippen LogP contribution < -0.4 is 0 Å². The van der Waals surface area contributed by atoms with Crippen LogP contribution in [0.25, 0.3) is 0 Å². The molecular formula is C14H16Cl4O2S. The van der Waals surface area contributed by atoms with Crippen LogP contribution in [0.2, 0.25) is 10.0 Å². The first-order valence-corrected chi connectivity index (χ1v) is 10.2. The predicted octanol–water partition coefficient (Wildman–Crippen LogP) is 4.43. The molecule has 1 unspecified atom stereocenters. The standard InChI is InChI=1S/C14H16Cl4O2S/c15-8-14(9-16,11-4-5-21(19,20)7-11)6-10-2-1-3-12(17)13(10)18/h1-3,11H,4-9H2. The molecule has 0 saturated carbocycles. The molecule has 0 aromatic heterocycles. The number of rotatable bonds is 5. The second-order valence-corrected chi connectivity index (χ2v) is 9.17. The van der Waals surface area contributed by atoms with E-state index in [9.17, 15) is 8.42 Å². The molecule has 1 aliphatic rings. The van der Waals surface area contributed by atoms with Gasteiger partial charge in [-0.05, 0) is 30.4 Å². The SMILES string of the molecule is O=S1(=O)CCC(C(CCl)(CCl)Cc2cccc(Cl)c2Cl)C1. The molecule has 0 bridgehead atoms. The van der Waals surface area contributed by atoms with Crippen LogP contribution in [0, 0.1) is 11.3 Å². The second-order valence-electron chi connectivity index (χ2n) is 5.62. The van der Waals surface area contributed by atoms with E-state index in [0.29, 0.717) is 34.6 Å². The molecular weight excluding hydrogens is 374 g/mol. The molecule has 1 aliphatic heterocycles. The van der Waals surface area contributed by atoms with Crippen molar-refractivity contribution < 1.29 is 8.42 Å². The van der Waals surface area contributed by atoms with Crippen molar-refractivity contribution >= 4 is 56.2 Å². The zero-order valence-electron chi connectivity index (χ0n) is 11.3. The predicted molar refractivity (Wildman–Crippen MR) is 90.8 cm³/mol. The van der Waals surface area contributed by atoms with Gasteiger partial charge in [0.1, 0.15) is 0 Å². The largest absolute Gasteiger partial charge is 0.229 e. The highest BCUT2D eigenvalue weighted by Crippen LogP contribution is 2.42. The summed E-state index contributed by atoms with van der Waals surface area (Å²) in [4.78, 5) is 0. The third kappa shape index (κ3) is 3.81. The molecule has 0 N–H and O–H groups in total. The van der Waals surface area contributed by atoms with E-state index < -0.39 is 15.3 Å². The van der Waals surface area contributed by atoms with Gasteiger partial charge < -0.3 is 0 Å². The molecule has 21 heavy (non-hydrogen) atoms. The lowest BCUT2D eigenvalue weighted by Gasteiger charge is -2.35. The first-order valence-electron chi connectivity index (χ1n) is 6.59. The minimum absolute atomic E-state index is 0.0486. The molecule has 0 amide bonds. The van der Waals surface area contributed by atoms with Gasteiger partial charge in [-0.25, -0.2) is 8.42 Å². The summed E-state index contributed by atoms with van der Waals surface area (Å²) in [6.45, 7) is 0. The van der Waals surface area contributed by atoms with Crippen LogP contribution in [0.4, 0.5) is 0 Å². The van der Waals surface area contributed by atoms with Crippen LogP contribution >= 0.6 is 46.4 Å². The fourth-order valence-corrected chi connectivity index (χ4v) is 6.08. The Morgan fingerprint density at radius 3 is 2.38 bits per heavy atom. The van der Waals surface area contributed by atoms with Gasteiger partial charge >= 0.3 is 0 Å². The number of sulfone groups is 1. The number of alkyl halides is 2. The average Bonchev–Trinajstić information content (AvgIpc) is 2.81. The highest BCUT2D eigenvalue weighted by atomic mass is 35.5. The summed E-state index contributed by atoms with van der Waals surface area (Å²) in [6.07, 6.45) is 1.12. The van der Waals surface area contributed by atoms with Gasteiger partial charge in [0.25, 0.3) is 0 Å². The molecule has 1 aromatic carbocycles. The van der Waals surface area contributed by atoms with E-state index in [1.54, 1.807) is 6.07 Å². The molecule has 7 heteroatoms. The van der Waals surface area contributed by atoms with Crippen molar-refractivity contribution in [2.45, 2.75) is 12.8 Å². The summed E-state index contributed by atoms with van der Waals surface area (Å²) in [6, 6.07) is 5.42. The molecule has 0 aliphatic carbocycles. The van der Waals surface area contributed by atoms with Gasteiger partial charge in [-0.3, -0.25) is 0 Å². The minimum atomic E-state index is -2.99. The monoisotopic (exact) mass is 388 g/mol. The van der Waals surface area contributed by atoms with Gasteiger partial charge in [-0.15, -0.1) is 23.2 Å². The van der Waals surface area contributed by atoms with Crippen molar-refractivity contribution in [3.63, 3.8) is 0 Å². The van der Waals surface area contributed by atoms with E-state index in [1.165, 1.54) is 0 Å². The van der Waals surface area contributed by atoms with Crippen LogP contribution in [-0.2, 0) is 16.3 Å². The average molecular weight is 390 g/mol. The second kappa shape index (κ2) is 6.84. The third-order valence-electron chi connectivity index (χ3n) is 4.20. The molecule has 2 nitrogen and oxygen atoms in total. The van der Waals surface area contributed by atoms with Crippen LogP contribution in [0.1, 0.15) is 12.0 Å². The molecule has 0 spiro atoms. The normalized spacial score (nSPS) is 21.6. The molecule has 1 atom stereocenters. The van der Waals surface area contributed by atoms with Crippen molar-refractivity contribution in [3.05, 3.63) is 33.8 Å². The smallest absolute Gasteiger partial charge is 0.150 e. The van der Waals surface area contributed by atoms with Crippen molar-refractivity contribution in [3.8, 4) is 0 Å². The molecule has 1 saturated heterocycles. The Balaban J connectivity index is 2.32. The molecule has 1 heterocycles. The van der Waals surface area contributed by atoms with Crippen LogP contribution in [-0.4, -0.2) is 31.7 Å². The Bertz CT molecular complexity index is 611. The topological polar surface area (TPSA) is 34.1 Å².